The van der Waals surface area contributed by atoms with Gasteiger partial charge < -0.3 is 10.1 Å². The van der Waals surface area contributed by atoms with Gasteiger partial charge in [-0.2, -0.15) is 24.6 Å². The fourth-order valence-electron chi connectivity index (χ4n) is 2.32. The van der Waals surface area contributed by atoms with E-state index < -0.39 is 6.61 Å². The van der Waals surface area contributed by atoms with Crippen molar-refractivity contribution in [2.45, 2.75) is 13.2 Å². The van der Waals surface area contributed by atoms with Crippen molar-refractivity contribution in [1.82, 2.24) is 24.8 Å². The molecule has 0 unspecified atom stereocenters. The Morgan fingerprint density at radius 2 is 2.08 bits per heavy atom. The van der Waals surface area contributed by atoms with Crippen LogP contribution in [0.1, 0.15) is 5.69 Å². The van der Waals surface area contributed by atoms with Gasteiger partial charge in [-0.15, -0.1) is 15.3 Å². The molecule has 10 heteroatoms. The zero-order chi connectivity index (χ0) is 17.9. The predicted molar refractivity (Wildman–Crippen MR) is 92.3 cm³/mol. The number of thiophene rings is 1. The van der Waals surface area contributed by atoms with Gasteiger partial charge in [-0.3, -0.25) is 4.98 Å². The summed E-state index contributed by atoms with van der Waals surface area (Å²) in [6.07, 6.45) is 1.26. The van der Waals surface area contributed by atoms with Crippen molar-refractivity contribution in [1.29, 1.82) is 0 Å². The Morgan fingerprint density at radius 3 is 2.81 bits per heavy atom. The third kappa shape index (κ3) is 3.45. The highest BCUT2D eigenvalue weighted by atomic mass is 32.1. The number of nitrogens with one attached hydrogen (secondary N) is 1. The maximum absolute atomic E-state index is 12.1. The van der Waals surface area contributed by atoms with E-state index in [1.165, 1.54) is 12.3 Å². The molecule has 4 rings (SSSR count). The molecule has 0 bridgehead atoms. The first-order chi connectivity index (χ1) is 12.7. The first-order valence-electron chi connectivity index (χ1n) is 7.58. The lowest BCUT2D eigenvalue weighted by atomic mass is 10.3. The summed E-state index contributed by atoms with van der Waals surface area (Å²) < 4.78 is 30.2. The van der Waals surface area contributed by atoms with Gasteiger partial charge in [0.15, 0.2) is 11.5 Å². The molecule has 4 heterocycles. The van der Waals surface area contributed by atoms with Gasteiger partial charge in [0.1, 0.15) is 11.6 Å². The van der Waals surface area contributed by atoms with Crippen LogP contribution in [0.4, 0.5) is 14.6 Å². The van der Waals surface area contributed by atoms with Gasteiger partial charge in [-0.25, -0.2) is 0 Å². The lowest BCUT2D eigenvalue weighted by Gasteiger charge is -2.07. The van der Waals surface area contributed by atoms with Crippen molar-refractivity contribution < 1.29 is 13.5 Å². The molecule has 0 atom stereocenters. The Bertz CT molecular complexity index is 1000. The van der Waals surface area contributed by atoms with Crippen LogP contribution < -0.4 is 10.1 Å². The molecule has 4 aromatic rings. The largest absolute Gasteiger partial charge is 0.433 e. The molecule has 0 aromatic carbocycles. The highest BCUT2D eigenvalue weighted by Gasteiger charge is 2.10. The number of fused-ring (bicyclic) bond motifs is 1. The Kier molecular flexibility index (Phi) is 4.40. The Labute approximate surface area is 150 Å². The molecule has 1 N–H and O–H groups in total. The second kappa shape index (κ2) is 7.00. The molecule has 26 heavy (non-hydrogen) atoms. The van der Waals surface area contributed by atoms with Crippen LogP contribution in [-0.4, -0.2) is 31.4 Å². The molecule has 0 aliphatic rings. The van der Waals surface area contributed by atoms with E-state index in [1.54, 1.807) is 28.0 Å². The molecule has 7 nitrogen and oxygen atoms in total. The molecular formula is C16H12F2N6OS. The summed E-state index contributed by atoms with van der Waals surface area (Å²) >= 11 is 1.57. The number of ether oxygens (including phenoxy) is 1. The van der Waals surface area contributed by atoms with Crippen LogP contribution in [0.5, 0.6) is 5.75 Å². The van der Waals surface area contributed by atoms with Crippen LogP contribution in [0.2, 0.25) is 0 Å². The van der Waals surface area contributed by atoms with Crippen molar-refractivity contribution in [3.05, 3.63) is 53.0 Å². The number of pyridine rings is 1. The van der Waals surface area contributed by atoms with Gasteiger partial charge >= 0.3 is 6.61 Å². The minimum absolute atomic E-state index is 0.0215. The molecule has 0 saturated heterocycles. The number of rotatable bonds is 6. The number of alkyl halides is 2. The van der Waals surface area contributed by atoms with Crippen LogP contribution in [0, 0.1) is 0 Å². The van der Waals surface area contributed by atoms with E-state index in [0.717, 1.165) is 5.56 Å². The topological polar surface area (TPSA) is 77.2 Å². The van der Waals surface area contributed by atoms with Crippen molar-refractivity contribution in [3.63, 3.8) is 0 Å². The molecular weight excluding hydrogens is 362 g/mol. The second-order valence-corrected chi connectivity index (χ2v) is 6.02. The molecule has 0 fully saturated rings. The third-order valence-corrected chi connectivity index (χ3v) is 4.20. The summed E-state index contributed by atoms with van der Waals surface area (Å²) in [6.45, 7) is -2.48. The minimum atomic E-state index is -2.86. The second-order valence-electron chi connectivity index (χ2n) is 5.24. The summed E-state index contributed by atoms with van der Waals surface area (Å²) in [4.78, 5) is 4.08. The van der Waals surface area contributed by atoms with E-state index in [9.17, 15) is 8.78 Å². The van der Waals surface area contributed by atoms with Gasteiger partial charge in [0.2, 0.25) is 0 Å². The van der Waals surface area contributed by atoms with Gasteiger partial charge in [-0.1, -0.05) is 0 Å². The number of halogens is 2. The molecule has 0 saturated carbocycles. The minimum Gasteiger partial charge on any atom is -0.433 e. The standard InChI is InChI=1S/C16H12F2N6OS/c17-16(18)25-12-2-1-11(19-8-12)7-20-13-3-4-14-21-22-15(24(14)23-13)10-5-6-26-9-10/h1-6,8-9,16H,7H2,(H,20,23). The van der Waals surface area contributed by atoms with Crippen molar-refractivity contribution in [2.75, 3.05) is 5.32 Å². The molecule has 0 amide bonds. The smallest absolute Gasteiger partial charge is 0.387 e. The van der Waals surface area contributed by atoms with E-state index in [1.807, 2.05) is 22.9 Å². The summed E-state index contributed by atoms with van der Waals surface area (Å²) in [5.41, 5.74) is 2.25. The lowest BCUT2D eigenvalue weighted by Crippen LogP contribution is -2.06. The van der Waals surface area contributed by atoms with Gasteiger partial charge in [-0.05, 0) is 35.7 Å². The summed E-state index contributed by atoms with van der Waals surface area (Å²) in [7, 11) is 0. The Balaban J connectivity index is 1.50. The fourth-order valence-corrected chi connectivity index (χ4v) is 2.96. The van der Waals surface area contributed by atoms with E-state index in [2.05, 4.69) is 30.3 Å². The van der Waals surface area contributed by atoms with E-state index in [0.29, 0.717) is 29.5 Å². The summed E-state index contributed by atoms with van der Waals surface area (Å²) in [6, 6.07) is 8.61. The molecule has 0 radical (unpaired) electrons. The number of hydrogen-bond donors (Lipinski definition) is 1. The van der Waals surface area contributed by atoms with Crippen LogP contribution in [-0.2, 0) is 6.54 Å². The maximum Gasteiger partial charge on any atom is 0.387 e. The van der Waals surface area contributed by atoms with E-state index in [4.69, 9.17) is 0 Å². The molecule has 0 aliphatic carbocycles. The molecule has 0 aliphatic heterocycles. The average molecular weight is 374 g/mol. The van der Waals surface area contributed by atoms with Crippen LogP contribution >= 0.6 is 11.3 Å². The summed E-state index contributed by atoms with van der Waals surface area (Å²) in [5, 5.41) is 19.9. The highest BCUT2D eigenvalue weighted by Crippen LogP contribution is 2.21. The maximum atomic E-state index is 12.1. The zero-order valence-corrected chi connectivity index (χ0v) is 14.0. The first kappa shape index (κ1) is 16.3. The molecule has 4 aromatic heterocycles. The monoisotopic (exact) mass is 374 g/mol. The van der Waals surface area contributed by atoms with Crippen LogP contribution in [0.25, 0.3) is 17.0 Å². The fraction of sp³-hybridized carbons (Fsp3) is 0.125. The third-order valence-electron chi connectivity index (χ3n) is 3.52. The van der Waals surface area contributed by atoms with Crippen LogP contribution in [0.3, 0.4) is 0 Å². The van der Waals surface area contributed by atoms with Gasteiger partial charge in [0.25, 0.3) is 0 Å². The van der Waals surface area contributed by atoms with Crippen molar-refractivity contribution in [2.24, 2.45) is 0 Å². The number of anilines is 1. The Hall–Kier alpha value is -3.14. The average Bonchev–Trinajstić information content (AvgIpc) is 3.29. The number of hydrogen-bond acceptors (Lipinski definition) is 7. The predicted octanol–water partition coefficient (Wildman–Crippen LogP) is 3.46. The van der Waals surface area contributed by atoms with Crippen molar-refractivity contribution in [3.8, 4) is 17.1 Å². The van der Waals surface area contributed by atoms with E-state index >= 15 is 0 Å². The number of aromatic nitrogens is 5. The SMILES string of the molecule is FC(F)Oc1ccc(CNc2ccc3nnc(-c4ccsc4)n3n2)nc1. The molecule has 132 valence electrons. The van der Waals surface area contributed by atoms with Gasteiger partial charge in [0.05, 0.1) is 18.4 Å². The van der Waals surface area contributed by atoms with Gasteiger partial charge in [0, 0.05) is 10.9 Å². The van der Waals surface area contributed by atoms with E-state index in [-0.39, 0.29) is 5.75 Å². The van der Waals surface area contributed by atoms with Crippen molar-refractivity contribution >= 4 is 22.8 Å². The molecule has 0 spiro atoms. The first-order valence-corrected chi connectivity index (χ1v) is 8.52. The summed E-state index contributed by atoms with van der Waals surface area (Å²) in [5.74, 6) is 1.30. The van der Waals surface area contributed by atoms with Crippen LogP contribution in [0.15, 0.2) is 47.3 Å². The lowest BCUT2D eigenvalue weighted by molar-refractivity contribution is -0.0500. The Morgan fingerprint density at radius 1 is 1.15 bits per heavy atom. The zero-order valence-electron chi connectivity index (χ0n) is 13.2. The quantitative estimate of drug-likeness (QED) is 0.557. The highest BCUT2D eigenvalue weighted by molar-refractivity contribution is 7.08. The normalized spacial score (nSPS) is 11.2. The number of nitrogens with zero attached hydrogens (tertiary/aromatic N) is 5.